The highest BCUT2D eigenvalue weighted by Crippen LogP contribution is 2.26. The van der Waals surface area contributed by atoms with Gasteiger partial charge in [-0.05, 0) is 63.4 Å². The molecule has 0 atom stereocenters. The Kier molecular flexibility index (Phi) is 6.82. The highest BCUT2D eigenvalue weighted by Gasteiger charge is 2.23. The molecule has 4 aromatic rings. The van der Waals surface area contributed by atoms with Gasteiger partial charge in [-0.15, -0.1) is 0 Å². The van der Waals surface area contributed by atoms with Gasteiger partial charge >= 0.3 is 5.97 Å². The fourth-order valence-electron chi connectivity index (χ4n) is 3.93. The zero-order chi connectivity index (χ0) is 25.1. The number of anilines is 1. The second-order valence-corrected chi connectivity index (χ2v) is 8.41. The van der Waals surface area contributed by atoms with Crippen molar-refractivity contribution < 1.29 is 19.1 Å². The number of pyridine rings is 1. The van der Waals surface area contributed by atoms with Crippen molar-refractivity contribution in [3.05, 3.63) is 76.5 Å². The van der Waals surface area contributed by atoms with Gasteiger partial charge in [0.25, 0.3) is 5.91 Å². The van der Waals surface area contributed by atoms with Gasteiger partial charge in [-0.1, -0.05) is 35.9 Å². The zero-order valence-corrected chi connectivity index (χ0v) is 20.5. The fourth-order valence-corrected chi connectivity index (χ4v) is 3.93. The van der Waals surface area contributed by atoms with E-state index in [1.165, 1.54) is 10.9 Å². The van der Waals surface area contributed by atoms with Crippen molar-refractivity contribution in [1.82, 2.24) is 14.8 Å². The van der Waals surface area contributed by atoms with Gasteiger partial charge in [-0.3, -0.25) is 4.79 Å². The van der Waals surface area contributed by atoms with Gasteiger partial charge in [0.05, 0.1) is 18.3 Å². The predicted octanol–water partition coefficient (Wildman–Crippen LogP) is 4.85. The van der Waals surface area contributed by atoms with Crippen molar-refractivity contribution in [3.8, 4) is 11.6 Å². The number of carbonyl (C=O) groups is 2. The third kappa shape index (κ3) is 5.01. The van der Waals surface area contributed by atoms with Crippen LogP contribution in [0.25, 0.3) is 16.7 Å². The van der Waals surface area contributed by atoms with Crippen LogP contribution in [0.5, 0.6) is 5.75 Å². The molecular formula is C27H28N4O4. The first-order valence-corrected chi connectivity index (χ1v) is 11.4. The SMILES string of the molecule is CCOC(=O)c1cnn(-c2cc(C)c3cccc(C)c3n2)c1NC(=O)COc1ccc(C)cc1C. The summed E-state index contributed by atoms with van der Waals surface area (Å²) in [7, 11) is 0. The minimum Gasteiger partial charge on any atom is -0.483 e. The van der Waals surface area contributed by atoms with Gasteiger partial charge in [0, 0.05) is 5.39 Å². The van der Waals surface area contributed by atoms with Crippen LogP contribution in [0.1, 0.15) is 39.5 Å². The van der Waals surface area contributed by atoms with Gasteiger partial charge in [-0.25, -0.2) is 9.78 Å². The maximum atomic E-state index is 12.9. The van der Waals surface area contributed by atoms with E-state index in [0.717, 1.165) is 33.2 Å². The molecule has 35 heavy (non-hydrogen) atoms. The van der Waals surface area contributed by atoms with E-state index in [-0.39, 0.29) is 24.6 Å². The van der Waals surface area contributed by atoms with E-state index in [1.807, 2.05) is 70.2 Å². The molecule has 0 bridgehead atoms. The minimum absolute atomic E-state index is 0.135. The Labute approximate surface area is 203 Å². The number of hydrogen-bond acceptors (Lipinski definition) is 6. The first-order chi connectivity index (χ1) is 16.8. The molecule has 0 saturated heterocycles. The highest BCUT2D eigenvalue weighted by molar-refractivity contribution is 6.01. The Morgan fingerprint density at radius 1 is 1.00 bits per heavy atom. The average Bonchev–Trinajstić information content (AvgIpc) is 3.22. The summed E-state index contributed by atoms with van der Waals surface area (Å²) in [5, 5.41) is 8.16. The van der Waals surface area contributed by atoms with E-state index < -0.39 is 11.9 Å². The number of para-hydroxylation sites is 1. The number of fused-ring (bicyclic) bond motifs is 1. The van der Waals surface area contributed by atoms with Crippen LogP contribution in [0, 0.1) is 27.7 Å². The molecule has 0 saturated carbocycles. The molecule has 8 heteroatoms. The third-order valence-electron chi connectivity index (χ3n) is 5.66. The Bertz CT molecular complexity index is 1420. The maximum Gasteiger partial charge on any atom is 0.343 e. The molecule has 0 aliphatic carbocycles. The molecule has 1 amide bonds. The van der Waals surface area contributed by atoms with E-state index in [2.05, 4.69) is 10.4 Å². The van der Waals surface area contributed by atoms with Crippen LogP contribution in [0.3, 0.4) is 0 Å². The Balaban J connectivity index is 1.68. The van der Waals surface area contributed by atoms with Crippen LogP contribution in [0.15, 0.2) is 48.7 Å². The van der Waals surface area contributed by atoms with E-state index in [0.29, 0.717) is 11.6 Å². The van der Waals surface area contributed by atoms with Crippen molar-refractivity contribution in [2.45, 2.75) is 34.6 Å². The van der Waals surface area contributed by atoms with Crippen molar-refractivity contribution in [2.24, 2.45) is 0 Å². The second-order valence-electron chi connectivity index (χ2n) is 8.41. The summed E-state index contributed by atoms with van der Waals surface area (Å²) in [4.78, 5) is 30.2. The Hall–Kier alpha value is -4.20. The molecule has 180 valence electrons. The summed E-state index contributed by atoms with van der Waals surface area (Å²) in [5.41, 5.74) is 5.01. The van der Waals surface area contributed by atoms with Crippen LogP contribution in [0.4, 0.5) is 5.82 Å². The Morgan fingerprint density at radius 3 is 2.54 bits per heavy atom. The average molecular weight is 473 g/mol. The number of carbonyl (C=O) groups excluding carboxylic acids is 2. The number of nitrogens with one attached hydrogen (secondary N) is 1. The number of esters is 1. The lowest BCUT2D eigenvalue weighted by Crippen LogP contribution is -2.24. The lowest BCUT2D eigenvalue weighted by Gasteiger charge is -2.14. The first kappa shape index (κ1) is 23.9. The van der Waals surface area contributed by atoms with Crippen molar-refractivity contribution in [2.75, 3.05) is 18.5 Å². The summed E-state index contributed by atoms with van der Waals surface area (Å²) >= 11 is 0. The van der Waals surface area contributed by atoms with Crippen LogP contribution in [-0.4, -0.2) is 39.9 Å². The second kappa shape index (κ2) is 9.97. The van der Waals surface area contributed by atoms with Crippen molar-refractivity contribution >= 4 is 28.6 Å². The van der Waals surface area contributed by atoms with E-state index in [1.54, 1.807) is 6.92 Å². The molecule has 0 unspecified atom stereocenters. The summed E-state index contributed by atoms with van der Waals surface area (Å²) in [6, 6.07) is 13.6. The number of benzene rings is 2. The van der Waals surface area contributed by atoms with Gasteiger partial charge in [-0.2, -0.15) is 9.78 Å². The van der Waals surface area contributed by atoms with Gasteiger partial charge in [0.15, 0.2) is 18.2 Å². The van der Waals surface area contributed by atoms with Crippen molar-refractivity contribution in [1.29, 1.82) is 0 Å². The molecule has 1 N–H and O–H groups in total. The van der Waals surface area contributed by atoms with Crippen molar-refractivity contribution in [3.63, 3.8) is 0 Å². The predicted molar refractivity (Wildman–Crippen MR) is 134 cm³/mol. The molecule has 0 aliphatic heterocycles. The number of aryl methyl sites for hydroxylation is 4. The molecule has 0 aliphatic rings. The smallest absolute Gasteiger partial charge is 0.343 e. The third-order valence-corrected chi connectivity index (χ3v) is 5.66. The van der Waals surface area contributed by atoms with Crippen LogP contribution in [-0.2, 0) is 9.53 Å². The van der Waals surface area contributed by atoms with E-state index >= 15 is 0 Å². The Morgan fingerprint density at radius 2 is 1.80 bits per heavy atom. The summed E-state index contributed by atoms with van der Waals surface area (Å²) in [6.07, 6.45) is 1.37. The van der Waals surface area contributed by atoms with Crippen LogP contribution < -0.4 is 10.1 Å². The molecule has 0 fully saturated rings. The van der Waals surface area contributed by atoms with Gasteiger partial charge in [0.2, 0.25) is 0 Å². The topological polar surface area (TPSA) is 95.3 Å². The van der Waals surface area contributed by atoms with Crippen LogP contribution in [0.2, 0.25) is 0 Å². The molecule has 2 aromatic heterocycles. The molecule has 2 heterocycles. The number of amides is 1. The van der Waals surface area contributed by atoms with E-state index in [9.17, 15) is 9.59 Å². The number of hydrogen-bond donors (Lipinski definition) is 1. The normalized spacial score (nSPS) is 10.9. The number of rotatable bonds is 7. The zero-order valence-electron chi connectivity index (χ0n) is 20.5. The van der Waals surface area contributed by atoms with Crippen LogP contribution >= 0.6 is 0 Å². The molecular weight excluding hydrogens is 444 g/mol. The minimum atomic E-state index is -0.585. The van der Waals surface area contributed by atoms with E-state index in [4.69, 9.17) is 14.5 Å². The number of ether oxygens (including phenoxy) is 2. The summed E-state index contributed by atoms with van der Waals surface area (Å²) in [6.45, 7) is 9.56. The molecule has 8 nitrogen and oxygen atoms in total. The first-order valence-electron chi connectivity index (χ1n) is 11.4. The van der Waals surface area contributed by atoms with Gasteiger partial charge < -0.3 is 14.8 Å². The highest BCUT2D eigenvalue weighted by atomic mass is 16.5. The monoisotopic (exact) mass is 472 g/mol. The summed E-state index contributed by atoms with van der Waals surface area (Å²) < 4.78 is 12.3. The summed E-state index contributed by atoms with van der Waals surface area (Å²) in [5.74, 6) is 0.249. The molecule has 2 aromatic carbocycles. The fraction of sp³-hybridized carbons (Fsp3) is 0.259. The largest absolute Gasteiger partial charge is 0.483 e. The standard InChI is InChI=1S/C27H28N4O4/c1-6-34-27(33)21-14-28-31(23-13-18(4)20-9-7-8-17(3)25(20)29-23)26(21)30-24(32)15-35-22-11-10-16(2)12-19(22)5/h7-14H,6,15H2,1-5H3,(H,30,32). The van der Waals surface area contributed by atoms with Gasteiger partial charge in [0.1, 0.15) is 11.3 Å². The molecule has 0 spiro atoms. The lowest BCUT2D eigenvalue weighted by molar-refractivity contribution is -0.118. The molecule has 4 rings (SSSR count). The molecule has 0 radical (unpaired) electrons. The number of aromatic nitrogens is 3. The lowest BCUT2D eigenvalue weighted by atomic mass is 10.1. The quantitative estimate of drug-likeness (QED) is 0.387. The number of nitrogens with zero attached hydrogens (tertiary/aromatic N) is 3. The maximum absolute atomic E-state index is 12.9.